The van der Waals surface area contributed by atoms with Crippen LogP contribution in [0.25, 0.3) is 0 Å². The van der Waals surface area contributed by atoms with Crippen molar-refractivity contribution in [1.82, 2.24) is 5.32 Å². The fourth-order valence-corrected chi connectivity index (χ4v) is 3.70. The highest BCUT2D eigenvalue weighted by molar-refractivity contribution is 5.65. The summed E-state index contributed by atoms with van der Waals surface area (Å²) in [6.45, 7) is 7.96. The molecule has 12 heteroatoms. The second-order valence-corrected chi connectivity index (χ2v) is 9.28. The summed E-state index contributed by atoms with van der Waals surface area (Å²) in [6.07, 6.45) is -0.443. The molecule has 3 N–H and O–H groups in total. The van der Waals surface area contributed by atoms with Gasteiger partial charge < -0.3 is 34.7 Å². The zero-order valence-electron chi connectivity index (χ0n) is 21.8. The third-order valence-corrected chi connectivity index (χ3v) is 5.59. The van der Waals surface area contributed by atoms with Crippen molar-refractivity contribution in [2.45, 2.75) is 46.5 Å². The van der Waals surface area contributed by atoms with Crippen LogP contribution in [0.15, 0.2) is 47.2 Å². The van der Waals surface area contributed by atoms with Crippen LogP contribution in [0, 0.1) is 15.5 Å². The Morgan fingerprint density at radius 3 is 2.27 bits per heavy atom. The number of hydrogen-bond donors (Lipinski definition) is 2. The highest BCUT2D eigenvalue weighted by Gasteiger charge is 2.36. The first-order valence-electron chi connectivity index (χ1n) is 11.8. The molecule has 0 saturated heterocycles. The van der Waals surface area contributed by atoms with Crippen LogP contribution in [0.3, 0.4) is 0 Å². The molecule has 0 radical (unpaired) electrons. The minimum absolute atomic E-state index is 0.0406. The topological polar surface area (TPSA) is 161 Å². The molecule has 1 unspecified atom stereocenters. The van der Waals surface area contributed by atoms with Crippen LogP contribution in [0.1, 0.15) is 52.0 Å². The molecule has 1 aromatic carbocycles. The lowest BCUT2D eigenvalue weighted by molar-refractivity contribution is -0.384. The number of allylic oxidation sites excluding steroid dienone is 2. The number of nitro groups is 1. The minimum Gasteiger partial charge on any atom is -0.433 e. The number of nitrogens with one attached hydrogen (secondary N) is 1. The van der Waals surface area contributed by atoms with Gasteiger partial charge in [-0.25, -0.2) is 9.59 Å². The molecule has 0 fully saturated rings. The Hall–Kier alpha value is -3.64. The molecule has 1 atom stereocenters. The van der Waals surface area contributed by atoms with Crippen molar-refractivity contribution in [1.29, 1.82) is 0 Å². The molecular formula is C25H35N3O9. The van der Waals surface area contributed by atoms with Gasteiger partial charge in [-0.1, -0.05) is 26.0 Å². The fourth-order valence-electron chi connectivity index (χ4n) is 3.70. The fraction of sp³-hybridized carbons (Fsp3) is 0.520. The SMILES string of the molecule is COCCOC(=O)OC1=C(C)NC(C)=C(OC(=O)OCC(C)(C)CCCN)C1c1cccc([N+](=O)[O-])c1. The summed E-state index contributed by atoms with van der Waals surface area (Å²) in [5.74, 6) is -0.857. The average molecular weight is 522 g/mol. The van der Waals surface area contributed by atoms with Gasteiger partial charge in [0.05, 0.1) is 22.9 Å². The van der Waals surface area contributed by atoms with Gasteiger partial charge >= 0.3 is 12.3 Å². The molecule has 204 valence electrons. The van der Waals surface area contributed by atoms with Crippen LogP contribution in [-0.2, 0) is 23.7 Å². The standard InChI is InChI=1S/C25H35N3O9/c1-16-21(36-23(29)34-13-12-33-5)20(18-8-6-9-19(14-18)28(31)32)22(17(2)27-16)37-24(30)35-15-25(3,4)10-7-11-26/h6,8-9,14,20,27H,7,10-13,15,26H2,1-5H3. The van der Waals surface area contributed by atoms with Crippen LogP contribution in [0.5, 0.6) is 0 Å². The normalized spacial score (nSPS) is 15.7. The molecule has 12 nitrogen and oxygen atoms in total. The number of nitrogens with two attached hydrogens (primary N) is 1. The van der Waals surface area contributed by atoms with E-state index in [9.17, 15) is 19.7 Å². The molecule has 0 aliphatic carbocycles. The summed E-state index contributed by atoms with van der Waals surface area (Å²) in [5.41, 5.74) is 6.31. The first kappa shape index (κ1) is 29.6. The second kappa shape index (κ2) is 13.6. The largest absolute Gasteiger partial charge is 0.513 e. The van der Waals surface area contributed by atoms with Gasteiger partial charge in [-0.15, -0.1) is 0 Å². The molecule has 1 aliphatic rings. The number of carbonyl (C=O) groups excluding carboxylic acids is 2. The number of benzene rings is 1. The van der Waals surface area contributed by atoms with E-state index in [4.69, 9.17) is 29.4 Å². The maximum Gasteiger partial charge on any atom is 0.513 e. The van der Waals surface area contributed by atoms with E-state index in [0.717, 1.165) is 12.8 Å². The predicted molar refractivity (Wildman–Crippen MR) is 133 cm³/mol. The number of nitrogens with zero attached hydrogens (tertiary/aromatic N) is 1. The Kier molecular flexibility index (Phi) is 10.9. The zero-order chi connectivity index (χ0) is 27.6. The highest BCUT2D eigenvalue weighted by Crippen LogP contribution is 2.40. The summed E-state index contributed by atoms with van der Waals surface area (Å²) < 4.78 is 26.4. The van der Waals surface area contributed by atoms with E-state index in [1.54, 1.807) is 19.9 Å². The maximum absolute atomic E-state index is 12.7. The van der Waals surface area contributed by atoms with E-state index in [2.05, 4.69) is 5.32 Å². The second-order valence-electron chi connectivity index (χ2n) is 9.28. The van der Waals surface area contributed by atoms with Crippen LogP contribution >= 0.6 is 0 Å². The molecule has 0 bridgehead atoms. The number of methoxy groups -OCH3 is 1. The predicted octanol–water partition coefficient (Wildman–Crippen LogP) is 4.46. The third kappa shape index (κ3) is 8.76. The molecule has 1 aromatic rings. The third-order valence-electron chi connectivity index (χ3n) is 5.59. The van der Waals surface area contributed by atoms with Crippen molar-refractivity contribution in [3.63, 3.8) is 0 Å². The van der Waals surface area contributed by atoms with E-state index >= 15 is 0 Å². The van der Waals surface area contributed by atoms with Crippen molar-refractivity contribution in [2.75, 3.05) is 33.5 Å². The van der Waals surface area contributed by atoms with Crippen molar-refractivity contribution in [3.8, 4) is 0 Å². The van der Waals surface area contributed by atoms with Gasteiger partial charge in [0.15, 0.2) is 0 Å². The Labute approximate surface area is 215 Å². The molecule has 0 saturated carbocycles. The lowest BCUT2D eigenvalue weighted by Crippen LogP contribution is -2.30. The summed E-state index contributed by atoms with van der Waals surface area (Å²) in [5, 5.41) is 14.4. The number of nitro benzene ring substituents is 1. The first-order valence-corrected chi connectivity index (χ1v) is 11.8. The molecule has 1 heterocycles. The number of ether oxygens (including phenoxy) is 5. The monoisotopic (exact) mass is 521 g/mol. The Morgan fingerprint density at radius 2 is 1.70 bits per heavy atom. The quantitative estimate of drug-likeness (QED) is 0.173. The maximum atomic E-state index is 12.7. The van der Waals surface area contributed by atoms with E-state index in [0.29, 0.717) is 23.5 Å². The van der Waals surface area contributed by atoms with Gasteiger partial charge in [0.25, 0.3) is 5.69 Å². The van der Waals surface area contributed by atoms with Crippen LogP contribution in [0.4, 0.5) is 15.3 Å². The summed E-state index contributed by atoms with van der Waals surface area (Å²) in [4.78, 5) is 36.0. The van der Waals surface area contributed by atoms with E-state index in [1.807, 2.05) is 13.8 Å². The van der Waals surface area contributed by atoms with E-state index in [-0.39, 0.29) is 42.4 Å². The van der Waals surface area contributed by atoms with Gasteiger partial charge in [-0.3, -0.25) is 10.1 Å². The number of hydrogen-bond acceptors (Lipinski definition) is 11. The number of non-ortho nitro benzene ring substituents is 1. The molecular weight excluding hydrogens is 486 g/mol. The Bertz CT molecular complexity index is 1050. The number of rotatable bonds is 12. The highest BCUT2D eigenvalue weighted by atomic mass is 16.7. The molecule has 0 amide bonds. The van der Waals surface area contributed by atoms with Gasteiger partial charge in [-0.2, -0.15) is 0 Å². The zero-order valence-corrected chi connectivity index (χ0v) is 21.8. The molecule has 0 spiro atoms. The lowest BCUT2D eigenvalue weighted by atomic mass is 9.89. The van der Waals surface area contributed by atoms with Gasteiger partial charge in [-0.05, 0) is 44.2 Å². The molecule has 37 heavy (non-hydrogen) atoms. The van der Waals surface area contributed by atoms with Gasteiger partial charge in [0.2, 0.25) is 0 Å². The van der Waals surface area contributed by atoms with Gasteiger partial charge in [0.1, 0.15) is 30.6 Å². The molecule has 0 aromatic heterocycles. The Balaban J connectivity index is 2.36. The smallest absolute Gasteiger partial charge is 0.433 e. The first-order chi connectivity index (χ1) is 17.5. The summed E-state index contributed by atoms with van der Waals surface area (Å²) in [6, 6.07) is 5.74. The average Bonchev–Trinajstić information content (AvgIpc) is 2.85. The van der Waals surface area contributed by atoms with E-state index < -0.39 is 23.2 Å². The van der Waals surface area contributed by atoms with Crippen LogP contribution in [-0.4, -0.2) is 50.7 Å². The van der Waals surface area contributed by atoms with E-state index in [1.165, 1.54) is 25.3 Å². The van der Waals surface area contributed by atoms with Crippen LogP contribution in [0.2, 0.25) is 0 Å². The van der Waals surface area contributed by atoms with Crippen molar-refractivity contribution in [3.05, 3.63) is 62.9 Å². The Morgan fingerprint density at radius 1 is 1.08 bits per heavy atom. The van der Waals surface area contributed by atoms with Crippen molar-refractivity contribution in [2.24, 2.45) is 11.1 Å². The van der Waals surface area contributed by atoms with Crippen molar-refractivity contribution >= 4 is 18.0 Å². The lowest BCUT2D eigenvalue weighted by Gasteiger charge is -2.30. The van der Waals surface area contributed by atoms with Crippen LogP contribution < -0.4 is 11.1 Å². The summed E-state index contributed by atoms with van der Waals surface area (Å²) >= 11 is 0. The number of carbonyl (C=O) groups is 2. The van der Waals surface area contributed by atoms with Crippen molar-refractivity contribution < 1.29 is 38.2 Å². The molecule has 2 rings (SSSR count). The minimum atomic E-state index is -1.01. The summed E-state index contributed by atoms with van der Waals surface area (Å²) in [7, 11) is 1.46. The molecule has 1 aliphatic heterocycles. The number of dihydropyridines is 1. The van der Waals surface area contributed by atoms with Gasteiger partial charge in [0, 0.05) is 19.2 Å².